The number of thiophene rings is 1. The molecule has 2 aromatic rings. The Morgan fingerprint density at radius 2 is 2.16 bits per heavy atom. The maximum atomic E-state index is 6.32. The first kappa shape index (κ1) is 14.6. The summed E-state index contributed by atoms with van der Waals surface area (Å²) >= 11 is 3.66. The van der Waals surface area contributed by atoms with Gasteiger partial charge in [-0.05, 0) is 38.5 Å². The lowest BCUT2D eigenvalue weighted by molar-refractivity contribution is 0.633. The van der Waals surface area contributed by atoms with Crippen molar-refractivity contribution >= 4 is 23.1 Å². The third-order valence-corrected chi connectivity index (χ3v) is 5.82. The van der Waals surface area contributed by atoms with Crippen molar-refractivity contribution in [2.45, 2.75) is 43.5 Å². The maximum Gasteiger partial charge on any atom is 0.0946 e. The Hall–Kier alpha value is -0.780. The highest BCUT2D eigenvalue weighted by Gasteiger charge is 2.23. The summed E-state index contributed by atoms with van der Waals surface area (Å²) in [7, 11) is 1.99. The van der Waals surface area contributed by atoms with Gasteiger partial charge >= 0.3 is 0 Å². The number of aryl methyl sites for hydroxylation is 3. The van der Waals surface area contributed by atoms with E-state index in [0.29, 0.717) is 5.25 Å². The van der Waals surface area contributed by atoms with Crippen molar-refractivity contribution in [3.8, 4) is 0 Å². The number of nitrogens with zero attached hydrogens (tertiary/aromatic N) is 2. The van der Waals surface area contributed by atoms with Crippen LogP contribution in [0.15, 0.2) is 23.2 Å². The molecule has 0 aliphatic carbocycles. The van der Waals surface area contributed by atoms with Crippen molar-refractivity contribution in [1.29, 1.82) is 0 Å². The van der Waals surface area contributed by atoms with Crippen molar-refractivity contribution in [1.82, 2.24) is 9.78 Å². The van der Waals surface area contributed by atoms with Crippen LogP contribution in [0, 0.1) is 13.8 Å². The van der Waals surface area contributed by atoms with E-state index >= 15 is 0 Å². The van der Waals surface area contributed by atoms with E-state index in [1.807, 2.05) is 41.8 Å². The van der Waals surface area contributed by atoms with E-state index in [1.54, 1.807) is 0 Å². The predicted octanol–water partition coefficient (Wildman–Crippen LogP) is 3.67. The number of aromatic nitrogens is 2. The third-order valence-electron chi connectivity index (χ3n) is 3.11. The van der Waals surface area contributed by atoms with Gasteiger partial charge in [0.15, 0.2) is 0 Å². The van der Waals surface area contributed by atoms with Crippen LogP contribution in [-0.2, 0) is 7.05 Å². The molecule has 2 aromatic heterocycles. The fourth-order valence-corrected chi connectivity index (χ4v) is 4.48. The molecule has 104 valence electrons. The van der Waals surface area contributed by atoms with Gasteiger partial charge < -0.3 is 5.73 Å². The molecule has 2 heterocycles. The largest absolute Gasteiger partial charge is 0.326 e. The summed E-state index contributed by atoms with van der Waals surface area (Å²) in [5, 5.41) is 5.89. The quantitative estimate of drug-likeness (QED) is 0.856. The first-order chi connectivity index (χ1) is 9.01. The van der Waals surface area contributed by atoms with Crippen molar-refractivity contribution < 1.29 is 0 Å². The highest BCUT2D eigenvalue weighted by atomic mass is 32.2. The topological polar surface area (TPSA) is 43.8 Å². The molecule has 2 rings (SSSR count). The van der Waals surface area contributed by atoms with Crippen LogP contribution in [0.1, 0.15) is 34.0 Å². The summed E-state index contributed by atoms with van der Waals surface area (Å²) in [4.78, 5) is 2.70. The summed E-state index contributed by atoms with van der Waals surface area (Å²) in [6.45, 7) is 6.31. The van der Waals surface area contributed by atoms with Gasteiger partial charge in [0.25, 0.3) is 0 Å². The van der Waals surface area contributed by atoms with Crippen LogP contribution in [-0.4, -0.2) is 15.8 Å². The van der Waals surface area contributed by atoms with Crippen molar-refractivity contribution in [2.24, 2.45) is 12.8 Å². The molecule has 0 aliphatic heterocycles. The second-order valence-corrected chi connectivity index (χ2v) is 7.29. The van der Waals surface area contributed by atoms with Crippen LogP contribution in [0.3, 0.4) is 0 Å². The van der Waals surface area contributed by atoms with Gasteiger partial charge in [0.1, 0.15) is 0 Å². The molecule has 2 atom stereocenters. The molecule has 0 amide bonds. The molecule has 0 saturated heterocycles. The van der Waals surface area contributed by atoms with Crippen LogP contribution in [0.5, 0.6) is 0 Å². The zero-order valence-corrected chi connectivity index (χ0v) is 13.5. The minimum Gasteiger partial charge on any atom is -0.326 e. The van der Waals surface area contributed by atoms with E-state index in [-0.39, 0.29) is 6.04 Å². The Labute approximate surface area is 123 Å². The predicted molar refractivity (Wildman–Crippen MR) is 83.9 cm³/mol. The molecule has 0 aliphatic rings. The Bertz CT molecular complexity index is 545. The fourth-order valence-electron chi connectivity index (χ4n) is 2.00. The molecule has 0 bridgehead atoms. The highest BCUT2D eigenvalue weighted by molar-refractivity contribution is 7.99. The van der Waals surface area contributed by atoms with Gasteiger partial charge in [-0.25, -0.2) is 0 Å². The van der Waals surface area contributed by atoms with Crippen LogP contribution in [0.2, 0.25) is 0 Å². The molecule has 0 aromatic carbocycles. The van der Waals surface area contributed by atoms with E-state index in [2.05, 4.69) is 37.1 Å². The minimum atomic E-state index is 0.165. The zero-order chi connectivity index (χ0) is 14.0. The molecule has 0 fully saturated rings. The van der Waals surface area contributed by atoms with Gasteiger partial charge in [0.05, 0.1) is 16.0 Å². The van der Waals surface area contributed by atoms with Gasteiger partial charge in [-0.1, -0.05) is 18.7 Å². The molecule has 19 heavy (non-hydrogen) atoms. The monoisotopic (exact) mass is 295 g/mol. The van der Waals surface area contributed by atoms with Crippen molar-refractivity contribution in [3.63, 3.8) is 0 Å². The summed E-state index contributed by atoms with van der Waals surface area (Å²) < 4.78 is 1.94. The molecule has 3 nitrogen and oxygen atoms in total. The first-order valence-electron chi connectivity index (χ1n) is 6.50. The molecule has 0 saturated carbocycles. The smallest absolute Gasteiger partial charge is 0.0946 e. The molecular weight excluding hydrogens is 274 g/mol. The van der Waals surface area contributed by atoms with Crippen LogP contribution in [0.4, 0.5) is 0 Å². The van der Waals surface area contributed by atoms with Gasteiger partial charge in [0, 0.05) is 22.8 Å². The standard InChI is InChI=1S/C14H21N3S2/c1-5-11(15)14(12-7-6-10(3)18-12)19-13-8-9(2)16-17(13)4/h6-8,11,14H,5,15H2,1-4H3. The van der Waals surface area contributed by atoms with Gasteiger partial charge in [-0.2, -0.15) is 5.10 Å². The van der Waals surface area contributed by atoms with E-state index in [1.165, 1.54) is 14.8 Å². The van der Waals surface area contributed by atoms with Crippen molar-refractivity contribution in [2.75, 3.05) is 0 Å². The normalized spacial score (nSPS) is 14.6. The lowest BCUT2D eigenvalue weighted by atomic mass is 10.1. The number of nitrogens with two attached hydrogens (primary N) is 1. The molecule has 5 heteroatoms. The minimum absolute atomic E-state index is 0.165. The maximum absolute atomic E-state index is 6.32. The summed E-state index contributed by atoms with van der Waals surface area (Å²) in [5.74, 6) is 0. The Morgan fingerprint density at radius 3 is 2.63 bits per heavy atom. The second-order valence-electron chi connectivity index (χ2n) is 4.81. The van der Waals surface area contributed by atoms with E-state index in [4.69, 9.17) is 5.73 Å². The number of thioether (sulfide) groups is 1. The van der Waals surface area contributed by atoms with Gasteiger partial charge in [0.2, 0.25) is 0 Å². The first-order valence-corrected chi connectivity index (χ1v) is 8.20. The molecule has 2 unspecified atom stereocenters. The summed E-state index contributed by atoms with van der Waals surface area (Å²) in [6, 6.07) is 6.67. The molecule has 2 N–H and O–H groups in total. The van der Waals surface area contributed by atoms with Gasteiger partial charge in [-0.3, -0.25) is 4.68 Å². The number of hydrogen-bond acceptors (Lipinski definition) is 4. The average molecular weight is 295 g/mol. The second kappa shape index (κ2) is 6.11. The van der Waals surface area contributed by atoms with E-state index in [0.717, 1.165) is 12.1 Å². The zero-order valence-electron chi connectivity index (χ0n) is 11.9. The Kier molecular flexibility index (Phi) is 4.71. The van der Waals surface area contributed by atoms with E-state index < -0.39 is 0 Å². The lowest BCUT2D eigenvalue weighted by Crippen LogP contribution is -2.25. The molecular formula is C14H21N3S2. The van der Waals surface area contributed by atoms with Crippen LogP contribution in [0.25, 0.3) is 0 Å². The highest BCUT2D eigenvalue weighted by Crippen LogP contribution is 2.40. The van der Waals surface area contributed by atoms with Crippen LogP contribution >= 0.6 is 23.1 Å². The summed E-state index contributed by atoms with van der Waals surface area (Å²) in [6.07, 6.45) is 0.978. The average Bonchev–Trinajstić information content (AvgIpc) is 2.91. The Balaban J connectivity index is 2.26. The van der Waals surface area contributed by atoms with Crippen molar-refractivity contribution in [3.05, 3.63) is 33.6 Å². The number of rotatable bonds is 5. The van der Waals surface area contributed by atoms with Crippen LogP contribution < -0.4 is 5.73 Å². The fraction of sp³-hybridized carbons (Fsp3) is 0.500. The van der Waals surface area contributed by atoms with Gasteiger partial charge in [-0.15, -0.1) is 11.3 Å². The van der Waals surface area contributed by atoms with E-state index in [9.17, 15) is 0 Å². The number of hydrogen-bond donors (Lipinski definition) is 1. The summed E-state index contributed by atoms with van der Waals surface area (Å²) in [5.41, 5.74) is 7.37. The Morgan fingerprint density at radius 1 is 1.42 bits per heavy atom. The third kappa shape index (κ3) is 3.41. The SMILES string of the molecule is CCC(N)C(Sc1cc(C)nn1C)c1ccc(C)s1. The lowest BCUT2D eigenvalue weighted by Gasteiger charge is -2.21. The molecule has 0 spiro atoms. The molecule has 0 radical (unpaired) electrons.